The van der Waals surface area contributed by atoms with Crippen molar-refractivity contribution in [2.24, 2.45) is 0 Å². The van der Waals surface area contributed by atoms with Gasteiger partial charge in [-0.1, -0.05) is 35.9 Å². The zero-order valence-electron chi connectivity index (χ0n) is 16.7. The number of hydrogen-bond donors (Lipinski definition) is 3. The second-order valence-electron chi connectivity index (χ2n) is 6.89. The van der Waals surface area contributed by atoms with Crippen molar-refractivity contribution in [1.82, 2.24) is 20.6 Å². The van der Waals surface area contributed by atoms with E-state index in [2.05, 4.69) is 16.0 Å². The topological polar surface area (TPSA) is 113 Å². The van der Waals surface area contributed by atoms with Gasteiger partial charge in [-0.15, -0.1) is 0 Å². The Kier molecular flexibility index (Phi) is 6.26. The third-order valence-corrected chi connectivity index (χ3v) is 4.52. The van der Waals surface area contributed by atoms with Gasteiger partial charge in [0.05, 0.1) is 11.9 Å². The van der Waals surface area contributed by atoms with Gasteiger partial charge < -0.3 is 5.11 Å². The van der Waals surface area contributed by atoms with E-state index >= 15 is 0 Å². The van der Waals surface area contributed by atoms with Gasteiger partial charge in [-0.25, -0.2) is 4.68 Å². The van der Waals surface area contributed by atoms with E-state index in [1.54, 1.807) is 30.3 Å². The van der Waals surface area contributed by atoms with Gasteiger partial charge in [0.2, 0.25) is 5.91 Å². The number of benzene rings is 2. The van der Waals surface area contributed by atoms with E-state index in [9.17, 15) is 19.5 Å². The quantitative estimate of drug-likeness (QED) is 0.430. The van der Waals surface area contributed by atoms with E-state index in [1.165, 1.54) is 10.9 Å². The maximum Gasteiger partial charge on any atom is 0.294 e. The summed E-state index contributed by atoms with van der Waals surface area (Å²) in [5.74, 6) is -1.76. The third kappa shape index (κ3) is 4.91. The van der Waals surface area contributed by atoms with Crippen LogP contribution in [0.15, 0.2) is 54.7 Å². The van der Waals surface area contributed by atoms with Crippen LogP contribution in [0.5, 0.6) is 5.75 Å². The van der Waals surface area contributed by atoms with Crippen molar-refractivity contribution in [2.45, 2.75) is 26.7 Å². The third-order valence-electron chi connectivity index (χ3n) is 4.52. The minimum Gasteiger partial charge on any atom is -0.504 e. The largest absolute Gasteiger partial charge is 0.504 e. The van der Waals surface area contributed by atoms with Gasteiger partial charge >= 0.3 is 0 Å². The number of para-hydroxylation sites is 1. The van der Waals surface area contributed by atoms with Crippen molar-refractivity contribution in [3.63, 3.8) is 0 Å². The molecule has 2 amide bonds. The molecule has 8 nitrogen and oxygen atoms in total. The standard InChI is InChI=1S/C22H22N4O4/c1-14-8-9-15(2)17(12-14)18(27)10-11-20(29)23-24-22(30)21-19(28)13-26(25-21)16-6-4-3-5-7-16/h3-9,12-13,28H,10-11H2,1-2H3,(H,23,29)(H,24,30). The molecule has 1 heterocycles. The molecule has 0 fully saturated rings. The number of Topliss-reactive ketones (excluding diaryl/α,β-unsaturated/α-hetero) is 1. The smallest absolute Gasteiger partial charge is 0.294 e. The highest BCUT2D eigenvalue weighted by atomic mass is 16.3. The van der Waals surface area contributed by atoms with Gasteiger partial charge in [0.1, 0.15) is 0 Å². The molecule has 0 atom stereocenters. The molecular formula is C22H22N4O4. The Morgan fingerprint density at radius 1 is 1.00 bits per heavy atom. The van der Waals surface area contributed by atoms with Crippen molar-refractivity contribution in [1.29, 1.82) is 0 Å². The average Bonchev–Trinajstić information content (AvgIpc) is 3.14. The molecule has 0 unspecified atom stereocenters. The molecule has 0 aliphatic carbocycles. The van der Waals surface area contributed by atoms with Crippen LogP contribution in [0.1, 0.15) is 44.8 Å². The molecule has 1 aromatic heterocycles. The summed E-state index contributed by atoms with van der Waals surface area (Å²) in [4.78, 5) is 36.6. The van der Waals surface area contributed by atoms with Crippen LogP contribution >= 0.6 is 0 Å². The highest BCUT2D eigenvalue weighted by Gasteiger charge is 2.18. The minimum atomic E-state index is -0.767. The molecule has 0 spiro atoms. The second kappa shape index (κ2) is 9.04. The maximum absolute atomic E-state index is 12.4. The molecule has 3 N–H and O–H groups in total. The number of amides is 2. The van der Waals surface area contributed by atoms with Crippen LogP contribution in [0, 0.1) is 13.8 Å². The molecule has 30 heavy (non-hydrogen) atoms. The molecule has 0 aliphatic heterocycles. The first kappa shape index (κ1) is 20.8. The van der Waals surface area contributed by atoms with E-state index in [1.807, 2.05) is 32.0 Å². The zero-order valence-corrected chi connectivity index (χ0v) is 16.7. The van der Waals surface area contributed by atoms with Crippen LogP contribution in [-0.2, 0) is 4.79 Å². The summed E-state index contributed by atoms with van der Waals surface area (Å²) in [6.45, 7) is 3.74. The Labute approximate surface area is 173 Å². The first-order valence-electron chi connectivity index (χ1n) is 9.39. The average molecular weight is 406 g/mol. The summed E-state index contributed by atoms with van der Waals surface area (Å²) < 4.78 is 1.36. The lowest BCUT2D eigenvalue weighted by molar-refractivity contribution is -0.121. The molecule has 3 aromatic rings. The lowest BCUT2D eigenvalue weighted by Crippen LogP contribution is -2.42. The predicted octanol–water partition coefficient (Wildman–Crippen LogP) is 2.62. The summed E-state index contributed by atoms with van der Waals surface area (Å²) in [7, 11) is 0. The van der Waals surface area contributed by atoms with Crippen molar-refractivity contribution < 1.29 is 19.5 Å². The van der Waals surface area contributed by atoms with E-state index < -0.39 is 11.8 Å². The second-order valence-corrected chi connectivity index (χ2v) is 6.89. The van der Waals surface area contributed by atoms with E-state index in [0.29, 0.717) is 11.3 Å². The van der Waals surface area contributed by atoms with E-state index in [4.69, 9.17) is 0 Å². The number of nitrogens with one attached hydrogen (secondary N) is 2. The molecule has 0 bridgehead atoms. The number of rotatable bonds is 6. The number of aryl methyl sites for hydroxylation is 2. The van der Waals surface area contributed by atoms with Crippen molar-refractivity contribution in [3.8, 4) is 11.4 Å². The van der Waals surface area contributed by atoms with Crippen LogP contribution in [0.3, 0.4) is 0 Å². The van der Waals surface area contributed by atoms with Gasteiger partial charge in [0, 0.05) is 18.4 Å². The number of hydrogen-bond acceptors (Lipinski definition) is 5. The Hall–Kier alpha value is -3.94. The molecule has 3 rings (SSSR count). The Morgan fingerprint density at radius 2 is 1.73 bits per heavy atom. The van der Waals surface area contributed by atoms with E-state index in [0.717, 1.165) is 11.1 Å². The Morgan fingerprint density at radius 3 is 2.47 bits per heavy atom. The summed E-state index contributed by atoms with van der Waals surface area (Å²) in [6.07, 6.45) is 1.23. The first-order valence-corrected chi connectivity index (χ1v) is 9.39. The maximum atomic E-state index is 12.4. The highest BCUT2D eigenvalue weighted by Crippen LogP contribution is 2.18. The SMILES string of the molecule is Cc1ccc(C)c(C(=O)CCC(=O)NNC(=O)c2nn(-c3ccccc3)cc2O)c1. The monoisotopic (exact) mass is 406 g/mol. The summed E-state index contributed by atoms with van der Waals surface area (Å²) >= 11 is 0. The lowest BCUT2D eigenvalue weighted by atomic mass is 9.99. The molecule has 2 aromatic carbocycles. The molecule has 0 aliphatic rings. The molecular weight excluding hydrogens is 384 g/mol. The highest BCUT2D eigenvalue weighted by molar-refractivity contribution is 6.00. The molecule has 8 heteroatoms. The molecule has 0 radical (unpaired) electrons. The predicted molar refractivity (Wildman–Crippen MR) is 110 cm³/mol. The number of aromatic nitrogens is 2. The first-order chi connectivity index (χ1) is 14.3. The van der Waals surface area contributed by atoms with Gasteiger partial charge in [-0.3, -0.25) is 25.2 Å². The number of ketones is 1. The van der Waals surface area contributed by atoms with Gasteiger partial charge in [0.25, 0.3) is 5.91 Å². The summed E-state index contributed by atoms with van der Waals surface area (Å²) in [6, 6.07) is 14.5. The van der Waals surface area contributed by atoms with Crippen LogP contribution in [0.2, 0.25) is 0 Å². The normalized spacial score (nSPS) is 10.5. The molecule has 154 valence electrons. The van der Waals surface area contributed by atoms with Crippen molar-refractivity contribution in [2.75, 3.05) is 0 Å². The summed E-state index contributed by atoms with van der Waals surface area (Å²) in [5, 5.41) is 14.0. The fourth-order valence-electron chi connectivity index (χ4n) is 2.89. The number of nitrogens with zero attached hydrogens (tertiary/aromatic N) is 2. The van der Waals surface area contributed by atoms with Crippen LogP contribution in [-0.4, -0.2) is 32.5 Å². The number of carbonyl (C=O) groups excluding carboxylic acids is 3. The van der Waals surface area contributed by atoms with Gasteiger partial charge in [-0.05, 0) is 37.6 Å². The van der Waals surface area contributed by atoms with Gasteiger partial charge in [0.15, 0.2) is 17.2 Å². The fraction of sp³-hybridized carbons (Fsp3) is 0.182. The van der Waals surface area contributed by atoms with Crippen LogP contribution in [0.25, 0.3) is 5.69 Å². The van der Waals surface area contributed by atoms with Crippen LogP contribution < -0.4 is 10.9 Å². The van der Waals surface area contributed by atoms with Crippen molar-refractivity contribution >= 4 is 17.6 Å². The molecule has 0 saturated carbocycles. The van der Waals surface area contributed by atoms with Gasteiger partial charge in [-0.2, -0.15) is 5.10 Å². The zero-order chi connectivity index (χ0) is 21.7. The lowest BCUT2D eigenvalue weighted by Gasteiger charge is -2.08. The number of carbonyl (C=O) groups is 3. The van der Waals surface area contributed by atoms with E-state index in [-0.39, 0.29) is 30.1 Å². The fourth-order valence-corrected chi connectivity index (χ4v) is 2.89. The Bertz CT molecular complexity index is 1090. The van der Waals surface area contributed by atoms with Crippen LogP contribution in [0.4, 0.5) is 0 Å². The summed E-state index contributed by atoms with van der Waals surface area (Å²) in [5.41, 5.74) is 7.28. The number of hydrazine groups is 1. The van der Waals surface area contributed by atoms with Crippen molar-refractivity contribution in [3.05, 3.63) is 77.1 Å². The molecule has 0 saturated heterocycles. The number of aromatic hydroxyl groups is 1. The minimum absolute atomic E-state index is 0.0138. The Balaban J connectivity index is 1.54.